The van der Waals surface area contributed by atoms with E-state index in [1.165, 1.54) is 283 Å². The molecule has 0 heterocycles. The Hall–Kier alpha value is -1.66. The molecular weight excluding hydrogens is 863 g/mol. The normalized spacial score (nSPS) is 12.7. The number of aliphatic hydroxyl groups is 2. The summed E-state index contributed by atoms with van der Waals surface area (Å²) in [7, 11) is 0. The van der Waals surface area contributed by atoms with Crippen molar-refractivity contribution in [3.05, 3.63) is 24.3 Å². The fourth-order valence-electron chi connectivity index (χ4n) is 9.87. The van der Waals surface area contributed by atoms with Gasteiger partial charge in [-0.15, -0.1) is 0 Å². The highest BCUT2D eigenvalue weighted by molar-refractivity contribution is 5.76. The van der Waals surface area contributed by atoms with Gasteiger partial charge in [-0.25, -0.2) is 0 Å². The van der Waals surface area contributed by atoms with Crippen molar-refractivity contribution in [2.45, 2.75) is 360 Å². The minimum Gasteiger partial charge on any atom is -0.466 e. The SMILES string of the molecule is CCCCCCCCCCCCCCCC/C=C/C(O)C(CO)NC(=O)CCCCCCCCCCC/C=C\CCCCCCCCCCCCCCOC(=O)CCCCCCCCCCCCCC. The summed E-state index contributed by atoms with van der Waals surface area (Å²) in [5.74, 6) is -0.0550. The molecule has 0 aromatic carbocycles. The first-order chi connectivity index (χ1) is 34.5. The number of amides is 1. The first-order valence-corrected chi connectivity index (χ1v) is 31.6. The predicted octanol–water partition coefficient (Wildman–Crippen LogP) is 19.8. The van der Waals surface area contributed by atoms with Crippen molar-refractivity contribution in [2.75, 3.05) is 13.2 Å². The topological polar surface area (TPSA) is 95.9 Å². The average molecular weight is 987 g/mol. The van der Waals surface area contributed by atoms with E-state index in [1.54, 1.807) is 6.08 Å². The third-order valence-electron chi connectivity index (χ3n) is 14.7. The maximum Gasteiger partial charge on any atom is 0.305 e. The number of carbonyl (C=O) groups is 2. The number of carbonyl (C=O) groups excluding carboxylic acids is 2. The van der Waals surface area contributed by atoms with Crippen molar-refractivity contribution >= 4 is 11.9 Å². The van der Waals surface area contributed by atoms with E-state index >= 15 is 0 Å². The Bertz CT molecular complexity index is 1090. The van der Waals surface area contributed by atoms with Gasteiger partial charge in [-0.1, -0.05) is 301 Å². The van der Waals surface area contributed by atoms with Crippen LogP contribution in [0.3, 0.4) is 0 Å². The Balaban J connectivity index is 3.42. The Kier molecular flexibility index (Phi) is 58.5. The number of aliphatic hydroxyl groups excluding tert-OH is 2. The molecule has 0 bridgehead atoms. The fourth-order valence-corrected chi connectivity index (χ4v) is 9.87. The van der Waals surface area contributed by atoms with E-state index in [0.29, 0.717) is 19.4 Å². The van der Waals surface area contributed by atoms with Gasteiger partial charge in [0.1, 0.15) is 0 Å². The first-order valence-electron chi connectivity index (χ1n) is 31.6. The third kappa shape index (κ3) is 55.7. The van der Waals surface area contributed by atoms with Crippen LogP contribution in [0.4, 0.5) is 0 Å². The van der Waals surface area contributed by atoms with Crippen molar-refractivity contribution in [3.8, 4) is 0 Å². The molecule has 2 unspecified atom stereocenters. The van der Waals surface area contributed by atoms with Gasteiger partial charge in [-0.3, -0.25) is 9.59 Å². The predicted molar refractivity (Wildman–Crippen MR) is 306 cm³/mol. The van der Waals surface area contributed by atoms with Crippen molar-refractivity contribution in [1.29, 1.82) is 0 Å². The van der Waals surface area contributed by atoms with Gasteiger partial charge in [0.15, 0.2) is 0 Å². The van der Waals surface area contributed by atoms with Crippen LogP contribution in [-0.2, 0) is 14.3 Å². The molecule has 6 heteroatoms. The standard InChI is InChI=1S/C64H123NO5/c1-3-5-7-9-11-13-15-17-18-30-33-36-40-44-48-52-56-62(67)61(60-66)65-63(68)57-53-49-45-41-37-34-31-28-26-24-22-20-19-21-23-25-27-29-32-35-39-43-47-51-55-59-70-64(69)58-54-50-46-42-38-16-14-12-10-8-6-4-2/h20,22,52,56,61-62,66-67H,3-19,21,23-51,53-55,57-60H2,1-2H3,(H,65,68)/b22-20-,56-52+. The monoisotopic (exact) mass is 986 g/mol. The Morgan fingerprint density at radius 3 is 1.01 bits per heavy atom. The number of unbranched alkanes of at least 4 members (excludes halogenated alkanes) is 46. The quantitative estimate of drug-likeness (QED) is 0.0321. The summed E-state index contributed by atoms with van der Waals surface area (Å²) in [5.41, 5.74) is 0. The van der Waals surface area contributed by atoms with Gasteiger partial charge < -0.3 is 20.3 Å². The molecule has 1 amide bonds. The molecule has 0 rings (SSSR count). The highest BCUT2D eigenvalue weighted by atomic mass is 16.5. The van der Waals surface area contributed by atoms with Crippen molar-refractivity contribution in [2.24, 2.45) is 0 Å². The van der Waals surface area contributed by atoms with Gasteiger partial charge in [0.05, 0.1) is 25.4 Å². The van der Waals surface area contributed by atoms with Crippen molar-refractivity contribution in [1.82, 2.24) is 5.32 Å². The molecule has 0 fully saturated rings. The summed E-state index contributed by atoms with van der Waals surface area (Å²) >= 11 is 0. The molecule has 0 radical (unpaired) electrons. The molecule has 0 saturated heterocycles. The van der Waals surface area contributed by atoms with Gasteiger partial charge in [-0.05, 0) is 57.8 Å². The number of rotatable bonds is 59. The van der Waals surface area contributed by atoms with Gasteiger partial charge in [0.25, 0.3) is 0 Å². The van der Waals surface area contributed by atoms with Crippen LogP contribution in [0.1, 0.15) is 348 Å². The van der Waals surface area contributed by atoms with Crippen LogP contribution < -0.4 is 5.32 Å². The zero-order valence-corrected chi connectivity index (χ0v) is 47.3. The molecule has 0 aliphatic heterocycles. The third-order valence-corrected chi connectivity index (χ3v) is 14.7. The number of hydrogen-bond donors (Lipinski definition) is 3. The van der Waals surface area contributed by atoms with E-state index in [1.807, 2.05) is 6.08 Å². The van der Waals surface area contributed by atoms with E-state index in [0.717, 1.165) is 38.5 Å². The first kappa shape index (κ1) is 68.3. The van der Waals surface area contributed by atoms with Gasteiger partial charge in [0, 0.05) is 12.8 Å². The summed E-state index contributed by atoms with van der Waals surface area (Å²) in [6.07, 6.45) is 73.7. The van der Waals surface area contributed by atoms with E-state index in [2.05, 4.69) is 31.3 Å². The number of hydrogen-bond acceptors (Lipinski definition) is 5. The molecule has 0 spiro atoms. The molecule has 2 atom stereocenters. The molecule has 0 aromatic rings. The summed E-state index contributed by atoms with van der Waals surface area (Å²) in [6, 6.07) is -0.630. The molecule has 0 aliphatic rings. The second kappa shape index (κ2) is 59.9. The fraction of sp³-hybridized carbons (Fsp3) is 0.906. The van der Waals surface area contributed by atoms with Crippen LogP contribution in [0.25, 0.3) is 0 Å². The number of allylic oxidation sites excluding steroid dienone is 3. The highest BCUT2D eigenvalue weighted by Crippen LogP contribution is 2.17. The number of nitrogens with one attached hydrogen (secondary N) is 1. The highest BCUT2D eigenvalue weighted by Gasteiger charge is 2.18. The molecular formula is C64H123NO5. The largest absolute Gasteiger partial charge is 0.466 e. The zero-order chi connectivity index (χ0) is 50.7. The van der Waals surface area contributed by atoms with Gasteiger partial charge in [-0.2, -0.15) is 0 Å². The maximum atomic E-state index is 12.5. The smallest absolute Gasteiger partial charge is 0.305 e. The average Bonchev–Trinajstić information content (AvgIpc) is 3.36. The minimum atomic E-state index is -0.846. The van der Waals surface area contributed by atoms with E-state index < -0.39 is 12.1 Å². The van der Waals surface area contributed by atoms with Crippen molar-refractivity contribution in [3.63, 3.8) is 0 Å². The lowest BCUT2D eigenvalue weighted by Gasteiger charge is -2.20. The van der Waals surface area contributed by atoms with Crippen LogP contribution in [-0.4, -0.2) is 47.4 Å². The molecule has 0 aromatic heterocycles. The lowest BCUT2D eigenvalue weighted by atomic mass is 10.0. The lowest BCUT2D eigenvalue weighted by Crippen LogP contribution is -2.45. The van der Waals surface area contributed by atoms with Crippen LogP contribution in [0.2, 0.25) is 0 Å². The Morgan fingerprint density at radius 2 is 0.671 bits per heavy atom. The number of esters is 1. The van der Waals surface area contributed by atoms with Crippen LogP contribution in [0.5, 0.6) is 0 Å². The van der Waals surface area contributed by atoms with E-state index in [-0.39, 0.29) is 18.5 Å². The van der Waals surface area contributed by atoms with Crippen LogP contribution in [0.15, 0.2) is 24.3 Å². The van der Waals surface area contributed by atoms with E-state index in [4.69, 9.17) is 4.74 Å². The molecule has 0 saturated carbocycles. The molecule has 70 heavy (non-hydrogen) atoms. The molecule has 414 valence electrons. The second-order valence-corrected chi connectivity index (χ2v) is 21.7. The Morgan fingerprint density at radius 1 is 0.386 bits per heavy atom. The van der Waals surface area contributed by atoms with Crippen LogP contribution >= 0.6 is 0 Å². The second-order valence-electron chi connectivity index (χ2n) is 21.7. The minimum absolute atomic E-state index is 0.0140. The lowest BCUT2D eigenvalue weighted by molar-refractivity contribution is -0.143. The Labute approximate surface area is 437 Å². The number of ether oxygens (including phenoxy) is 1. The molecule has 6 nitrogen and oxygen atoms in total. The van der Waals surface area contributed by atoms with Crippen LogP contribution in [0, 0.1) is 0 Å². The molecule has 0 aliphatic carbocycles. The summed E-state index contributed by atoms with van der Waals surface area (Å²) in [6.45, 7) is 4.92. The summed E-state index contributed by atoms with van der Waals surface area (Å²) in [5, 5.41) is 23.1. The van der Waals surface area contributed by atoms with Gasteiger partial charge in [0.2, 0.25) is 5.91 Å². The van der Waals surface area contributed by atoms with E-state index in [9.17, 15) is 19.8 Å². The summed E-state index contributed by atoms with van der Waals surface area (Å²) < 4.78 is 5.47. The van der Waals surface area contributed by atoms with Gasteiger partial charge >= 0.3 is 5.97 Å². The maximum absolute atomic E-state index is 12.5. The molecule has 3 N–H and O–H groups in total. The summed E-state index contributed by atoms with van der Waals surface area (Å²) in [4.78, 5) is 24.5. The zero-order valence-electron chi connectivity index (χ0n) is 47.3. The van der Waals surface area contributed by atoms with Crippen molar-refractivity contribution < 1.29 is 24.5 Å².